The first-order valence-electron chi connectivity index (χ1n) is 5.05. The van der Waals surface area contributed by atoms with Crippen molar-refractivity contribution in [2.24, 2.45) is 0 Å². The van der Waals surface area contributed by atoms with Gasteiger partial charge in [0.05, 0.1) is 22.1 Å². The molecule has 0 saturated heterocycles. The number of alkyl halides is 3. The molecule has 0 aromatic heterocycles. The van der Waals surface area contributed by atoms with Crippen LogP contribution < -0.4 is 4.72 Å². The third-order valence-electron chi connectivity index (χ3n) is 2.16. The maximum absolute atomic E-state index is 12.8. The lowest BCUT2D eigenvalue weighted by Crippen LogP contribution is -2.35. The molecule has 0 fully saturated rings. The summed E-state index contributed by atoms with van der Waals surface area (Å²) < 4.78 is 63.4. The third kappa shape index (κ3) is 3.94. The Labute approximate surface area is 112 Å². The van der Waals surface area contributed by atoms with Gasteiger partial charge in [-0.05, 0) is 18.2 Å². The maximum Gasteiger partial charge on any atom is 0.467 e. The van der Waals surface area contributed by atoms with Gasteiger partial charge in [0.25, 0.3) is 0 Å². The molecule has 0 saturated carbocycles. The number of nitrogens with zero attached hydrogens (tertiary/aromatic N) is 1. The second-order valence-electron chi connectivity index (χ2n) is 3.65. The monoisotopic (exact) mass is 308 g/mol. The average Bonchev–Trinajstić information content (AvgIpc) is 2.34. The van der Waals surface area contributed by atoms with Crippen molar-refractivity contribution in [1.82, 2.24) is 4.72 Å². The summed E-state index contributed by atoms with van der Waals surface area (Å²) in [6.45, 7) is 0. The molecule has 0 spiro atoms. The second kappa shape index (κ2) is 5.80. The molecule has 0 aliphatic rings. The number of halogens is 3. The Bertz CT molecular complexity index is 640. The predicted octanol–water partition coefficient (Wildman–Crippen LogP) is -0.133. The standard InChI is InChI=1S/C9H8BF3N2O4S/c11-9(12,13)7-3-6(4-14)1-2-8(7)20(18,19)15-5-10(16)17/h1-3,15-17H,5H2. The summed E-state index contributed by atoms with van der Waals surface area (Å²) in [5, 5.41) is 25.6. The molecule has 0 atom stereocenters. The molecule has 1 rings (SSSR count). The van der Waals surface area contributed by atoms with E-state index in [2.05, 4.69) is 0 Å². The molecule has 0 radical (unpaired) electrons. The molecule has 0 aliphatic carbocycles. The molecule has 0 aliphatic heterocycles. The Morgan fingerprint density at radius 1 is 1.35 bits per heavy atom. The molecular weight excluding hydrogens is 300 g/mol. The van der Waals surface area contributed by atoms with E-state index in [1.54, 1.807) is 4.72 Å². The minimum atomic E-state index is -4.98. The normalized spacial score (nSPS) is 12.0. The molecule has 3 N–H and O–H groups in total. The van der Waals surface area contributed by atoms with E-state index in [0.29, 0.717) is 12.1 Å². The molecule has 11 heteroatoms. The lowest BCUT2D eigenvalue weighted by Gasteiger charge is -2.14. The Morgan fingerprint density at radius 3 is 2.40 bits per heavy atom. The van der Waals surface area contributed by atoms with Crippen LogP contribution in [-0.2, 0) is 16.2 Å². The summed E-state index contributed by atoms with van der Waals surface area (Å²) >= 11 is 0. The predicted molar refractivity (Wildman–Crippen MR) is 61.5 cm³/mol. The van der Waals surface area contributed by atoms with E-state index in [4.69, 9.17) is 15.3 Å². The largest absolute Gasteiger partial charge is 0.467 e. The van der Waals surface area contributed by atoms with Gasteiger partial charge in [0.1, 0.15) is 0 Å². The van der Waals surface area contributed by atoms with E-state index < -0.39 is 40.2 Å². The summed E-state index contributed by atoms with van der Waals surface area (Å²) in [5.74, 6) is 0. The Hall–Kier alpha value is -1.61. The molecular formula is C9H8BF3N2O4S. The SMILES string of the molecule is N#Cc1ccc(S(=O)(=O)NCB(O)O)c(C(F)(F)F)c1. The average molecular weight is 308 g/mol. The summed E-state index contributed by atoms with van der Waals surface area (Å²) in [7, 11) is -6.64. The minimum absolute atomic E-state index is 0.349. The lowest BCUT2D eigenvalue weighted by molar-refractivity contribution is -0.139. The first-order chi connectivity index (χ1) is 9.08. The molecule has 1 aromatic rings. The van der Waals surface area contributed by atoms with Gasteiger partial charge in [0.2, 0.25) is 10.0 Å². The smallest absolute Gasteiger partial charge is 0.426 e. The van der Waals surface area contributed by atoms with E-state index in [0.717, 1.165) is 6.07 Å². The van der Waals surface area contributed by atoms with Gasteiger partial charge in [0.15, 0.2) is 0 Å². The minimum Gasteiger partial charge on any atom is -0.426 e. The number of hydrogen-bond donors (Lipinski definition) is 3. The topological polar surface area (TPSA) is 110 Å². The van der Waals surface area contributed by atoms with Gasteiger partial charge in [-0.15, -0.1) is 0 Å². The van der Waals surface area contributed by atoms with E-state index >= 15 is 0 Å². The number of sulfonamides is 1. The first-order valence-corrected chi connectivity index (χ1v) is 6.53. The zero-order valence-corrected chi connectivity index (χ0v) is 10.5. The molecule has 1 aromatic carbocycles. The number of benzene rings is 1. The highest BCUT2D eigenvalue weighted by molar-refractivity contribution is 7.89. The van der Waals surface area contributed by atoms with E-state index in [9.17, 15) is 21.6 Å². The molecule has 6 nitrogen and oxygen atoms in total. The van der Waals surface area contributed by atoms with Crippen LogP contribution in [0.4, 0.5) is 13.2 Å². The van der Waals surface area contributed by atoms with Crippen LogP contribution in [0.1, 0.15) is 11.1 Å². The van der Waals surface area contributed by atoms with Crippen LogP contribution in [0, 0.1) is 11.3 Å². The second-order valence-corrected chi connectivity index (χ2v) is 5.39. The summed E-state index contributed by atoms with van der Waals surface area (Å²) in [6, 6.07) is 3.43. The van der Waals surface area contributed by atoms with Gasteiger partial charge in [-0.25, -0.2) is 13.1 Å². The summed E-state index contributed by atoms with van der Waals surface area (Å²) in [6.07, 6.45) is -5.84. The van der Waals surface area contributed by atoms with Crippen molar-refractivity contribution in [2.45, 2.75) is 11.1 Å². The van der Waals surface area contributed by atoms with Gasteiger partial charge in [0, 0.05) is 6.44 Å². The molecule has 0 amide bonds. The van der Waals surface area contributed by atoms with Crippen molar-refractivity contribution in [1.29, 1.82) is 5.26 Å². The van der Waals surface area contributed by atoms with Gasteiger partial charge < -0.3 is 10.0 Å². The fraction of sp³-hybridized carbons (Fsp3) is 0.222. The van der Waals surface area contributed by atoms with Crippen LogP contribution in [0.5, 0.6) is 0 Å². The maximum atomic E-state index is 12.8. The Kier molecular flexibility index (Phi) is 4.77. The quantitative estimate of drug-likeness (QED) is 0.671. The lowest BCUT2D eigenvalue weighted by atomic mass is 9.94. The van der Waals surface area contributed by atoms with E-state index in [1.165, 1.54) is 6.07 Å². The highest BCUT2D eigenvalue weighted by Crippen LogP contribution is 2.34. The Morgan fingerprint density at radius 2 is 1.95 bits per heavy atom. The number of rotatable bonds is 4. The van der Waals surface area contributed by atoms with Gasteiger partial charge in [-0.2, -0.15) is 18.4 Å². The zero-order valence-electron chi connectivity index (χ0n) is 9.72. The first kappa shape index (κ1) is 16.4. The van der Waals surface area contributed by atoms with Gasteiger partial charge >= 0.3 is 13.3 Å². The van der Waals surface area contributed by atoms with Crippen molar-refractivity contribution < 1.29 is 31.6 Å². The highest BCUT2D eigenvalue weighted by Gasteiger charge is 2.37. The third-order valence-corrected chi connectivity index (χ3v) is 3.64. The molecule has 108 valence electrons. The number of nitrogens with one attached hydrogen (secondary N) is 1. The van der Waals surface area contributed by atoms with Crippen LogP contribution in [-0.4, -0.2) is 32.0 Å². The van der Waals surface area contributed by atoms with Crippen molar-refractivity contribution in [2.75, 3.05) is 6.44 Å². The highest BCUT2D eigenvalue weighted by atomic mass is 32.2. The summed E-state index contributed by atoms with van der Waals surface area (Å²) in [4.78, 5) is -1.09. The number of hydrogen-bond acceptors (Lipinski definition) is 5. The Balaban J connectivity index is 3.35. The van der Waals surface area contributed by atoms with Crippen LogP contribution in [0.25, 0.3) is 0 Å². The van der Waals surface area contributed by atoms with Crippen molar-refractivity contribution in [3.05, 3.63) is 29.3 Å². The van der Waals surface area contributed by atoms with E-state index in [-0.39, 0.29) is 5.56 Å². The molecule has 0 bridgehead atoms. The van der Waals surface area contributed by atoms with Crippen LogP contribution >= 0.6 is 0 Å². The van der Waals surface area contributed by atoms with Crippen molar-refractivity contribution in [3.63, 3.8) is 0 Å². The molecule has 0 heterocycles. The van der Waals surface area contributed by atoms with Crippen molar-refractivity contribution >= 4 is 17.1 Å². The number of nitriles is 1. The van der Waals surface area contributed by atoms with E-state index in [1.807, 2.05) is 0 Å². The summed E-state index contributed by atoms with van der Waals surface area (Å²) in [5.41, 5.74) is -1.85. The van der Waals surface area contributed by atoms with Crippen LogP contribution in [0.15, 0.2) is 23.1 Å². The van der Waals surface area contributed by atoms with Crippen LogP contribution in [0.3, 0.4) is 0 Å². The van der Waals surface area contributed by atoms with Crippen LogP contribution in [0.2, 0.25) is 0 Å². The van der Waals surface area contributed by atoms with Gasteiger partial charge in [-0.1, -0.05) is 0 Å². The molecule has 20 heavy (non-hydrogen) atoms. The van der Waals surface area contributed by atoms with Gasteiger partial charge in [-0.3, -0.25) is 0 Å². The molecule has 0 unspecified atom stereocenters. The zero-order chi connectivity index (χ0) is 15.6. The van der Waals surface area contributed by atoms with Crippen molar-refractivity contribution in [3.8, 4) is 6.07 Å². The fourth-order valence-electron chi connectivity index (χ4n) is 1.32. The fourth-order valence-corrected chi connectivity index (χ4v) is 2.55.